The number of carbonyl (C=O) groups excluding carboxylic acids is 1. The minimum Gasteiger partial charge on any atom is -0.481 e. The van der Waals surface area contributed by atoms with Crippen molar-refractivity contribution in [3.63, 3.8) is 0 Å². The zero-order valence-electron chi connectivity index (χ0n) is 22.6. The third kappa shape index (κ3) is 3.03. The van der Waals surface area contributed by atoms with Crippen molar-refractivity contribution in [2.45, 2.75) is 92.8 Å². The van der Waals surface area contributed by atoms with Crippen LogP contribution in [-0.2, 0) is 19.1 Å². The standard InChI is InChI=1S/C30H44O5/c1-18(2)16-20-19-8-9-22-27(5)13-12-26(3,4)21(27)10-11-28(22,6)30(19,24(31)32)15-14-29(20)17-23(34-7)35-25(29)33/h12-13,16,19-23H,8-11,14-15,17H2,1-7H3,(H,31,32)/t19-,20-,21+,22-,23+,27+,28-,29-,30-/m1/s1. The van der Waals surface area contributed by atoms with Crippen LogP contribution >= 0.6 is 0 Å². The molecule has 5 heteroatoms. The van der Waals surface area contributed by atoms with Crippen LogP contribution in [0.5, 0.6) is 0 Å². The molecule has 194 valence electrons. The van der Waals surface area contributed by atoms with Crippen molar-refractivity contribution in [3.05, 3.63) is 23.8 Å². The van der Waals surface area contributed by atoms with Crippen molar-refractivity contribution in [2.75, 3.05) is 7.11 Å². The van der Waals surface area contributed by atoms with E-state index in [1.54, 1.807) is 7.11 Å². The van der Waals surface area contributed by atoms with E-state index >= 15 is 0 Å². The molecule has 35 heavy (non-hydrogen) atoms. The van der Waals surface area contributed by atoms with Gasteiger partial charge in [0.2, 0.25) is 6.29 Å². The molecular weight excluding hydrogens is 440 g/mol. The van der Waals surface area contributed by atoms with Gasteiger partial charge >= 0.3 is 11.9 Å². The van der Waals surface area contributed by atoms with Gasteiger partial charge in [0.1, 0.15) is 0 Å². The molecule has 5 aliphatic rings. The van der Waals surface area contributed by atoms with Crippen LogP contribution < -0.4 is 0 Å². The van der Waals surface area contributed by atoms with Gasteiger partial charge in [-0.1, -0.05) is 51.5 Å². The molecule has 1 heterocycles. The highest BCUT2D eigenvalue weighted by Crippen LogP contribution is 2.76. The molecule has 4 aliphatic carbocycles. The second-order valence-corrected chi connectivity index (χ2v) is 13.7. The molecule has 5 nitrogen and oxygen atoms in total. The highest BCUT2D eigenvalue weighted by molar-refractivity contribution is 5.82. The highest BCUT2D eigenvalue weighted by Gasteiger charge is 2.74. The van der Waals surface area contributed by atoms with E-state index in [0.29, 0.717) is 31.1 Å². The molecule has 0 aromatic heterocycles. The van der Waals surface area contributed by atoms with Crippen LogP contribution in [0, 0.1) is 50.7 Å². The highest BCUT2D eigenvalue weighted by atomic mass is 16.7. The van der Waals surface area contributed by atoms with Gasteiger partial charge in [-0.25, -0.2) is 0 Å². The first-order valence-corrected chi connectivity index (χ1v) is 13.6. The van der Waals surface area contributed by atoms with Crippen LogP contribution in [0.3, 0.4) is 0 Å². The summed E-state index contributed by atoms with van der Waals surface area (Å²) in [6.07, 6.45) is 11.9. The van der Waals surface area contributed by atoms with Crippen molar-refractivity contribution < 1.29 is 24.2 Å². The summed E-state index contributed by atoms with van der Waals surface area (Å²) in [7, 11) is 1.58. The van der Waals surface area contributed by atoms with Gasteiger partial charge in [-0.2, -0.15) is 0 Å². The zero-order chi connectivity index (χ0) is 25.6. The minimum atomic E-state index is -0.849. The Bertz CT molecular complexity index is 991. The van der Waals surface area contributed by atoms with Crippen LogP contribution in [0.15, 0.2) is 23.8 Å². The first-order valence-electron chi connectivity index (χ1n) is 13.6. The Morgan fingerprint density at radius 3 is 2.37 bits per heavy atom. The fraction of sp³-hybridized carbons (Fsp3) is 0.800. The molecule has 1 saturated heterocycles. The lowest BCUT2D eigenvalue weighted by Gasteiger charge is -2.68. The monoisotopic (exact) mass is 484 g/mol. The first-order chi connectivity index (χ1) is 16.3. The Hall–Kier alpha value is -1.62. The van der Waals surface area contributed by atoms with Crippen LogP contribution in [0.25, 0.3) is 0 Å². The van der Waals surface area contributed by atoms with Gasteiger partial charge in [0, 0.05) is 13.5 Å². The molecule has 0 aromatic carbocycles. The summed E-state index contributed by atoms with van der Waals surface area (Å²) in [5.74, 6) is -0.228. The van der Waals surface area contributed by atoms with Crippen molar-refractivity contribution in [1.82, 2.24) is 0 Å². The summed E-state index contributed by atoms with van der Waals surface area (Å²) in [4.78, 5) is 27.0. The molecule has 0 unspecified atom stereocenters. The molecule has 1 aliphatic heterocycles. The van der Waals surface area contributed by atoms with Crippen molar-refractivity contribution in [1.29, 1.82) is 0 Å². The number of esters is 1. The number of ether oxygens (including phenoxy) is 2. The number of carboxylic acids is 1. The lowest BCUT2D eigenvalue weighted by Crippen LogP contribution is -2.67. The number of hydrogen-bond acceptors (Lipinski definition) is 4. The minimum absolute atomic E-state index is 0.0124. The van der Waals surface area contributed by atoms with Crippen LogP contribution in [0.2, 0.25) is 0 Å². The fourth-order valence-electron chi connectivity index (χ4n) is 10.3. The van der Waals surface area contributed by atoms with Gasteiger partial charge in [-0.3, -0.25) is 9.59 Å². The number of aliphatic carboxylic acids is 1. The Morgan fingerprint density at radius 1 is 1.06 bits per heavy atom. The smallest absolute Gasteiger partial charge is 0.315 e. The van der Waals surface area contributed by atoms with Crippen molar-refractivity contribution in [3.8, 4) is 0 Å². The van der Waals surface area contributed by atoms with E-state index in [-0.39, 0.29) is 34.1 Å². The number of allylic oxidation sites excluding steroid dienone is 4. The second kappa shape index (κ2) is 7.69. The molecule has 0 radical (unpaired) electrons. The van der Waals surface area contributed by atoms with Crippen molar-refractivity contribution >= 4 is 11.9 Å². The summed E-state index contributed by atoms with van der Waals surface area (Å²) in [5, 5.41) is 11.1. The maximum Gasteiger partial charge on any atom is 0.315 e. The van der Waals surface area contributed by atoms with Gasteiger partial charge < -0.3 is 14.6 Å². The van der Waals surface area contributed by atoms with E-state index in [0.717, 1.165) is 31.3 Å². The zero-order valence-corrected chi connectivity index (χ0v) is 22.6. The molecular formula is C30H44O5. The summed E-state index contributed by atoms with van der Waals surface area (Å²) < 4.78 is 11.1. The van der Waals surface area contributed by atoms with E-state index in [1.165, 1.54) is 0 Å². The maximum absolute atomic E-state index is 13.6. The normalized spacial score (nSPS) is 49.7. The molecule has 5 rings (SSSR count). The number of methoxy groups -OCH3 is 1. The predicted octanol–water partition coefficient (Wildman–Crippen LogP) is 6.38. The Labute approximate surface area is 210 Å². The first kappa shape index (κ1) is 25.0. The number of cyclic esters (lactones) is 1. The summed E-state index contributed by atoms with van der Waals surface area (Å²) in [6.45, 7) is 13.5. The Morgan fingerprint density at radius 2 is 1.77 bits per heavy atom. The fourth-order valence-corrected chi connectivity index (χ4v) is 10.3. The largest absolute Gasteiger partial charge is 0.481 e. The van der Waals surface area contributed by atoms with Gasteiger partial charge in [0.05, 0.1) is 10.8 Å². The number of carboxylic acid groups (broad SMARTS) is 1. The van der Waals surface area contributed by atoms with Gasteiger partial charge in [0.25, 0.3) is 0 Å². The summed E-state index contributed by atoms with van der Waals surface area (Å²) in [5.41, 5.74) is -0.575. The van der Waals surface area contributed by atoms with Gasteiger partial charge in [0.15, 0.2) is 0 Å². The van der Waals surface area contributed by atoms with E-state index in [1.807, 2.05) is 0 Å². The average molecular weight is 485 g/mol. The van der Waals surface area contributed by atoms with Crippen LogP contribution in [-0.4, -0.2) is 30.4 Å². The molecule has 1 spiro atoms. The van der Waals surface area contributed by atoms with Crippen LogP contribution in [0.1, 0.15) is 86.5 Å². The number of hydrogen-bond donors (Lipinski definition) is 1. The lowest BCUT2D eigenvalue weighted by molar-refractivity contribution is -0.225. The summed E-state index contributed by atoms with van der Waals surface area (Å²) >= 11 is 0. The van der Waals surface area contributed by atoms with Gasteiger partial charge in [-0.15, -0.1) is 0 Å². The van der Waals surface area contributed by atoms with Crippen molar-refractivity contribution in [2.24, 2.45) is 50.7 Å². The third-order valence-corrected chi connectivity index (χ3v) is 11.8. The molecule has 4 fully saturated rings. The average Bonchev–Trinajstić information content (AvgIpc) is 3.22. The molecule has 1 N–H and O–H groups in total. The van der Waals surface area contributed by atoms with E-state index in [9.17, 15) is 14.7 Å². The molecule has 0 amide bonds. The Kier molecular flexibility index (Phi) is 5.51. The van der Waals surface area contributed by atoms with E-state index in [4.69, 9.17) is 9.47 Å². The molecule has 0 bridgehead atoms. The number of fused-ring (bicyclic) bond motifs is 5. The van der Waals surface area contributed by atoms with Gasteiger partial charge in [-0.05, 0) is 92.3 Å². The predicted molar refractivity (Wildman–Crippen MR) is 134 cm³/mol. The third-order valence-electron chi connectivity index (χ3n) is 11.8. The topological polar surface area (TPSA) is 72.8 Å². The Balaban J connectivity index is 1.64. The van der Waals surface area contributed by atoms with Crippen LogP contribution in [0.4, 0.5) is 0 Å². The maximum atomic E-state index is 13.6. The van der Waals surface area contributed by atoms with E-state index in [2.05, 4.69) is 59.8 Å². The number of carbonyl (C=O) groups is 2. The lowest BCUT2D eigenvalue weighted by atomic mass is 9.34. The second-order valence-electron chi connectivity index (χ2n) is 13.7. The molecule has 3 saturated carbocycles. The quantitative estimate of drug-likeness (QED) is 0.371. The molecule has 9 atom stereocenters. The summed E-state index contributed by atoms with van der Waals surface area (Å²) in [6, 6.07) is 0. The SMILES string of the molecule is CO[C@@H]1C[C@@]2(CC[C@]3(C(=O)O)[C@H](CC[C@@H]4[C@@]5(C)C=CC(C)(C)[C@@H]5CC[C@]43C)[C@H]2C=C(C)C)C(=O)O1. The number of rotatable bonds is 3. The molecule has 0 aromatic rings. The van der Waals surface area contributed by atoms with E-state index < -0.39 is 23.1 Å².